The molecule has 0 aliphatic rings. The molecule has 2 amide bonds. The number of aryl methyl sites for hydroxylation is 2. The highest BCUT2D eigenvalue weighted by atomic mass is 32.2. The van der Waals surface area contributed by atoms with Gasteiger partial charge in [-0.3, -0.25) is 4.79 Å². The predicted octanol–water partition coefficient (Wildman–Crippen LogP) is 1.57. The lowest BCUT2D eigenvalue weighted by atomic mass is 10.2. The molecule has 0 radical (unpaired) electrons. The number of pyridine rings is 1. The molecular formula is C12H19N3O2S. The van der Waals surface area contributed by atoms with Gasteiger partial charge in [0.25, 0.3) is 5.56 Å². The Morgan fingerprint density at radius 2 is 2.22 bits per heavy atom. The van der Waals surface area contributed by atoms with E-state index in [1.165, 1.54) is 10.6 Å². The Morgan fingerprint density at radius 3 is 2.83 bits per heavy atom. The van der Waals surface area contributed by atoms with E-state index in [0.717, 1.165) is 5.56 Å². The van der Waals surface area contributed by atoms with Crippen molar-refractivity contribution in [3.05, 3.63) is 28.2 Å². The number of nitrogens with one attached hydrogen (secondary N) is 2. The summed E-state index contributed by atoms with van der Waals surface area (Å²) in [5, 5.41) is 5.90. The summed E-state index contributed by atoms with van der Waals surface area (Å²) in [4.78, 5) is 23.0. The third-order valence-corrected chi connectivity index (χ3v) is 3.61. The molecule has 0 aliphatic carbocycles. The van der Waals surface area contributed by atoms with Gasteiger partial charge in [-0.1, -0.05) is 6.92 Å². The van der Waals surface area contributed by atoms with Gasteiger partial charge in [-0.05, 0) is 18.7 Å². The monoisotopic (exact) mass is 269 g/mol. The van der Waals surface area contributed by atoms with Crippen LogP contribution in [0.25, 0.3) is 0 Å². The van der Waals surface area contributed by atoms with Crippen LogP contribution in [0.3, 0.4) is 0 Å². The Bertz CT molecular complexity index is 485. The molecule has 1 aromatic rings. The van der Waals surface area contributed by atoms with E-state index in [-0.39, 0.29) is 11.6 Å². The second-order valence-electron chi connectivity index (χ2n) is 4.20. The lowest BCUT2D eigenvalue weighted by molar-refractivity contribution is 0.252. The Balaban J connectivity index is 2.65. The molecule has 1 heterocycles. The number of rotatable bonds is 4. The number of urea groups is 1. The van der Waals surface area contributed by atoms with Crippen LogP contribution in [-0.2, 0) is 7.05 Å². The zero-order chi connectivity index (χ0) is 13.7. The van der Waals surface area contributed by atoms with Crippen LogP contribution >= 0.6 is 11.8 Å². The van der Waals surface area contributed by atoms with Gasteiger partial charge in [0.1, 0.15) is 0 Å². The van der Waals surface area contributed by atoms with Crippen molar-refractivity contribution in [1.29, 1.82) is 0 Å². The van der Waals surface area contributed by atoms with Crippen molar-refractivity contribution < 1.29 is 4.79 Å². The molecule has 1 atom stereocenters. The summed E-state index contributed by atoms with van der Waals surface area (Å²) in [6, 6.07) is 1.25. The molecule has 1 aromatic heterocycles. The number of aromatic nitrogens is 1. The van der Waals surface area contributed by atoms with Crippen LogP contribution in [0.4, 0.5) is 10.5 Å². The molecule has 6 heteroatoms. The first-order valence-corrected chi connectivity index (χ1v) is 6.97. The maximum atomic E-state index is 11.7. The van der Waals surface area contributed by atoms with E-state index in [4.69, 9.17) is 0 Å². The summed E-state index contributed by atoms with van der Waals surface area (Å²) >= 11 is 1.69. The number of carbonyl (C=O) groups is 1. The zero-order valence-corrected chi connectivity index (χ0v) is 11.9. The first-order chi connectivity index (χ1) is 8.43. The molecular weight excluding hydrogens is 250 g/mol. The van der Waals surface area contributed by atoms with E-state index in [0.29, 0.717) is 17.5 Å². The number of hydrogen-bond donors (Lipinski definition) is 2. The lowest BCUT2D eigenvalue weighted by Gasteiger charge is -2.13. The Morgan fingerprint density at radius 1 is 1.56 bits per heavy atom. The van der Waals surface area contributed by atoms with Crippen LogP contribution in [0.5, 0.6) is 0 Å². The van der Waals surface area contributed by atoms with Gasteiger partial charge in [0, 0.05) is 31.1 Å². The van der Waals surface area contributed by atoms with Gasteiger partial charge in [-0.15, -0.1) is 0 Å². The number of carbonyl (C=O) groups excluding carboxylic acids is 1. The molecule has 1 rings (SSSR count). The third kappa shape index (κ3) is 4.10. The average Bonchev–Trinajstić information content (AvgIpc) is 2.33. The van der Waals surface area contributed by atoms with Gasteiger partial charge in [0.05, 0.1) is 5.69 Å². The largest absolute Gasteiger partial charge is 0.337 e. The molecule has 0 saturated carbocycles. The van der Waals surface area contributed by atoms with Gasteiger partial charge < -0.3 is 15.2 Å². The molecule has 0 saturated heterocycles. The van der Waals surface area contributed by atoms with Crippen molar-refractivity contribution >= 4 is 23.5 Å². The van der Waals surface area contributed by atoms with Crippen molar-refractivity contribution in [2.24, 2.45) is 7.05 Å². The fourth-order valence-electron chi connectivity index (χ4n) is 1.34. The van der Waals surface area contributed by atoms with E-state index in [2.05, 4.69) is 10.6 Å². The molecule has 100 valence electrons. The second-order valence-corrected chi connectivity index (χ2v) is 5.48. The van der Waals surface area contributed by atoms with Gasteiger partial charge in [0.2, 0.25) is 0 Å². The first-order valence-electron chi connectivity index (χ1n) is 5.69. The fraction of sp³-hybridized carbons (Fsp3) is 0.500. The van der Waals surface area contributed by atoms with Gasteiger partial charge >= 0.3 is 6.03 Å². The van der Waals surface area contributed by atoms with Crippen molar-refractivity contribution in [1.82, 2.24) is 9.88 Å². The van der Waals surface area contributed by atoms with Crippen molar-refractivity contribution in [3.8, 4) is 0 Å². The molecule has 0 aliphatic heterocycles. The Hall–Kier alpha value is -1.43. The predicted molar refractivity (Wildman–Crippen MR) is 76.4 cm³/mol. The second kappa shape index (κ2) is 6.49. The highest BCUT2D eigenvalue weighted by Crippen LogP contribution is 2.10. The third-order valence-electron chi connectivity index (χ3n) is 2.64. The smallest absolute Gasteiger partial charge is 0.319 e. The summed E-state index contributed by atoms with van der Waals surface area (Å²) in [5.74, 6) is 0. The average molecular weight is 269 g/mol. The molecule has 2 N–H and O–H groups in total. The highest BCUT2D eigenvalue weighted by molar-refractivity contribution is 7.99. The van der Waals surface area contributed by atoms with Crippen LogP contribution in [-0.4, -0.2) is 28.6 Å². The minimum atomic E-state index is -0.252. The number of nitrogens with zero attached hydrogens (tertiary/aromatic N) is 1. The minimum Gasteiger partial charge on any atom is -0.337 e. The van der Waals surface area contributed by atoms with Crippen LogP contribution in [0, 0.1) is 6.92 Å². The number of anilines is 1. The van der Waals surface area contributed by atoms with Crippen LogP contribution in [0.15, 0.2) is 17.1 Å². The lowest BCUT2D eigenvalue weighted by Crippen LogP contribution is -2.33. The summed E-state index contributed by atoms with van der Waals surface area (Å²) in [6.45, 7) is 4.45. The van der Waals surface area contributed by atoms with Crippen molar-refractivity contribution in [2.45, 2.75) is 19.1 Å². The standard InChI is InChI=1S/C12H19N3O2S/c1-8-5-11(16)15(3)7-10(8)14-12(17)13-6-9(2)18-4/h5,7,9H,6H2,1-4H3,(H2,13,14,17)/t9-/m0/s1. The normalized spacial score (nSPS) is 12.0. The summed E-state index contributed by atoms with van der Waals surface area (Å²) < 4.78 is 1.44. The number of thioether (sulfide) groups is 1. The Kier molecular flexibility index (Phi) is 5.27. The quantitative estimate of drug-likeness (QED) is 0.872. The van der Waals surface area contributed by atoms with Crippen LogP contribution in [0.1, 0.15) is 12.5 Å². The van der Waals surface area contributed by atoms with Crippen molar-refractivity contribution in [2.75, 3.05) is 18.1 Å². The molecule has 0 fully saturated rings. The number of hydrogen-bond acceptors (Lipinski definition) is 3. The molecule has 0 bridgehead atoms. The van der Waals surface area contributed by atoms with E-state index in [9.17, 15) is 9.59 Å². The SMILES string of the molecule is CS[C@@H](C)CNC(=O)Nc1cn(C)c(=O)cc1C. The van der Waals surface area contributed by atoms with Crippen LogP contribution in [0.2, 0.25) is 0 Å². The minimum absolute atomic E-state index is 0.0885. The van der Waals surface area contributed by atoms with Gasteiger partial charge in [-0.25, -0.2) is 4.79 Å². The maximum absolute atomic E-state index is 11.7. The van der Waals surface area contributed by atoms with Crippen molar-refractivity contribution in [3.63, 3.8) is 0 Å². The zero-order valence-electron chi connectivity index (χ0n) is 11.1. The van der Waals surface area contributed by atoms with E-state index in [1.54, 1.807) is 31.9 Å². The molecule has 0 unspecified atom stereocenters. The number of amides is 2. The summed E-state index contributed by atoms with van der Waals surface area (Å²) in [5.41, 5.74) is 1.31. The highest BCUT2D eigenvalue weighted by Gasteiger charge is 2.07. The van der Waals surface area contributed by atoms with Gasteiger partial charge in [-0.2, -0.15) is 11.8 Å². The summed E-state index contributed by atoms with van der Waals surface area (Å²) in [7, 11) is 1.65. The summed E-state index contributed by atoms with van der Waals surface area (Å²) in [6.07, 6.45) is 3.62. The van der Waals surface area contributed by atoms with E-state index < -0.39 is 0 Å². The van der Waals surface area contributed by atoms with Gasteiger partial charge in [0.15, 0.2) is 0 Å². The Labute approximate surface area is 111 Å². The maximum Gasteiger partial charge on any atom is 0.319 e. The molecule has 0 spiro atoms. The fourth-order valence-corrected chi connectivity index (χ4v) is 1.59. The molecule has 5 nitrogen and oxygen atoms in total. The van der Waals surface area contributed by atoms with E-state index >= 15 is 0 Å². The topological polar surface area (TPSA) is 63.1 Å². The first kappa shape index (κ1) is 14.6. The van der Waals surface area contributed by atoms with Crippen LogP contribution < -0.4 is 16.2 Å². The molecule has 18 heavy (non-hydrogen) atoms. The van der Waals surface area contributed by atoms with E-state index in [1.807, 2.05) is 13.2 Å². The molecule has 0 aromatic carbocycles.